The van der Waals surface area contributed by atoms with E-state index in [0.717, 1.165) is 31.7 Å². The molecule has 0 aliphatic carbocycles. The summed E-state index contributed by atoms with van der Waals surface area (Å²) in [5.74, 6) is -0.282. The molecular weight excluding hydrogens is 319 g/mol. The highest BCUT2D eigenvalue weighted by molar-refractivity contribution is 5.83. The van der Waals surface area contributed by atoms with Crippen LogP contribution in [-0.4, -0.2) is 73.6 Å². The van der Waals surface area contributed by atoms with Crippen LogP contribution < -0.4 is 0 Å². The fourth-order valence-electron chi connectivity index (χ4n) is 2.84. The van der Waals surface area contributed by atoms with Crippen molar-refractivity contribution in [3.8, 4) is 0 Å². The third-order valence-corrected chi connectivity index (χ3v) is 4.36. The lowest BCUT2D eigenvalue weighted by atomic mass is 10.0. The topological polar surface area (TPSA) is 26.8 Å². The van der Waals surface area contributed by atoms with E-state index in [0.29, 0.717) is 0 Å². The van der Waals surface area contributed by atoms with Crippen molar-refractivity contribution in [2.45, 2.75) is 18.6 Å². The van der Waals surface area contributed by atoms with Gasteiger partial charge in [0.2, 0.25) is 5.91 Å². The Hall–Kier alpha value is -1.60. The molecule has 1 amide bonds. The van der Waals surface area contributed by atoms with Gasteiger partial charge >= 0.3 is 6.18 Å². The van der Waals surface area contributed by atoms with Gasteiger partial charge in [0.1, 0.15) is 6.04 Å². The van der Waals surface area contributed by atoms with Gasteiger partial charge in [-0.05, 0) is 12.6 Å². The van der Waals surface area contributed by atoms with Crippen molar-refractivity contribution in [1.29, 1.82) is 0 Å². The van der Waals surface area contributed by atoms with Crippen molar-refractivity contribution in [3.05, 3.63) is 35.9 Å². The Morgan fingerprint density at radius 1 is 1.17 bits per heavy atom. The van der Waals surface area contributed by atoms with Gasteiger partial charge in [0.15, 0.2) is 0 Å². The summed E-state index contributed by atoms with van der Waals surface area (Å²) >= 11 is 0. The lowest BCUT2D eigenvalue weighted by Crippen LogP contribution is -2.50. The van der Waals surface area contributed by atoms with Gasteiger partial charge in [0.05, 0.1) is 6.42 Å². The quantitative estimate of drug-likeness (QED) is 0.821. The molecule has 1 aromatic carbocycles. The summed E-state index contributed by atoms with van der Waals surface area (Å²) < 4.78 is 37.3. The van der Waals surface area contributed by atoms with Gasteiger partial charge < -0.3 is 9.80 Å². The van der Waals surface area contributed by atoms with Crippen LogP contribution in [0.1, 0.15) is 18.0 Å². The zero-order valence-corrected chi connectivity index (χ0v) is 14.1. The number of carbonyl (C=O) groups is 1. The molecule has 7 heteroatoms. The molecule has 2 rings (SSSR count). The van der Waals surface area contributed by atoms with Crippen LogP contribution in [0.2, 0.25) is 0 Å². The molecule has 1 heterocycles. The fourth-order valence-corrected chi connectivity index (χ4v) is 2.84. The summed E-state index contributed by atoms with van der Waals surface area (Å²) in [5, 5.41) is 0. The minimum absolute atomic E-state index is 0.282. The van der Waals surface area contributed by atoms with E-state index in [1.807, 2.05) is 37.4 Å². The minimum atomic E-state index is -4.26. The van der Waals surface area contributed by atoms with Crippen molar-refractivity contribution in [3.63, 3.8) is 0 Å². The van der Waals surface area contributed by atoms with Gasteiger partial charge in [0, 0.05) is 39.8 Å². The molecule has 0 aromatic heterocycles. The van der Waals surface area contributed by atoms with E-state index in [1.54, 1.807) is 0 Å². The average Bonchev–Trinajstić information content (AvgIpc) is 2.55. The number of carbonyl (C=O) groups excluding carboxylic acids is 1. The average molecular weight is 343 g/mol. The number of alkyl halides is 3. The maximum absolute atomic E-state index is 12.8. The minimum Gasteiger partial charge on any atom is -0.344 e. The molecule has 0 radical (unpaired) electrons. The standard InChI is InChI=1S/C17H24F3N3O/c1-21-10-12-23(13-11-21)15(14-6-4-3-5-7-14)16(24)22(2)9-8-17(18,19)20/h3-7,15H,8-13H2,1-2H3/t15-/m0/s1. The van der Waals surface area contributed by atoms with E-state index >= 15 is 0 Å². The smallest absolute Gasteiger partial charge is 0.344 e. The van der Waals surface area contributed by atoms with Crippen molar-refractivity contribution >= 4 is 5.91 Å². The van der Waals surface area contributed by atoms with Crippen LogP contribution >= 0.6 is 0 Å². The molecule has 0 unspecified atom stereocenters. The first-order valence-corrected chi connectivity index (χ1v) is 8.07. The van der Waals surface area contributed by atoms with Crippen molar-refractivity contribution < 1.29 is 18.0 Å². The highest BCUT2D eigenvalue weighted by atomic mass is 19.4. The Bertz CT molecular complexity index is 528. The Balaban J connectivity index is 2.14. The Morgan fingerprint density at radius 3 is 2.29 bits per heavy atom. The fraction of sp³-hybridized carbons (Fsp3) is 0.588. The van der Waals surface area contributed by atoms with E-state index in [4.69, 9.17) is 0 Å². The molecule has 0 saturated carbocycles. The molecule has 1 saturated heterocycles. The summed E-state index contributed by atoms with van der Waals surface area (Å²) in [6.45, 7) is 2.79. The lowest BCUT2D eigenvalue weighted by molar-refractivity contribution is -0.147. The first-order chi connectivity index (χ1) is 11.3. The molecule has 1 aliphatic rings. The van der Waals surface area contributed by atoms with Crippen LogP contribution in [0, 0.1) is 0 Å². The number of rotatable bonds is 5. The number of hydrogen-bond acceptors (Lipinski definition) is 3. The molecule has 1 atom stereocenters. The van der Waals surface area contributed by atoms with Crippen LogP contribution in [0.25, 0.3) is 0 Å². The summed E-state index contributed by atoms with van der Waals surface area (Å²) in [4.78, 5) is 18.3. The maximum Gasteiger partial charge on any atom is 0.390 e. The monoisotopic (exact) mass is 343 g/mol. The second-order valence-electron chi connectivity index (χ2n) is 6.28. The molecule has 0 spiro atoms. The number of likely N-dealkylation sites (N-methyl/N-ethyl adjacent to an activating group) is 2. The zero-order chi connectivity index (χ0) is 17.7. The summed E-state index contributed by atoms with van der Waals surface area (Å²) in [6.07, 6.45) is -5.25. The molecule has 1 aliphatic heterocycles. The predicted molar refractivity (Wildman–Crippen MR) is 86.6 cm³/mol. The van der Waals surface area contributed by atoms with Gasteiger partial charge in [0.25, 0.3) is 0 Å². The predicted octanol–water partition coefficient (Wildman–Crippen LogP) is 2.39. The molecule has 0 bridgehead atoms. The molecule has 24 heavy (non-hydrogen) atoms. The van der Waals surface area contributed by atoms with Crippen LogP contribution in [0.4, 0.5) is 13.2 Å². The van der Waals surface area contributed by atoms with E-state index in [1.165, 1.54) is 11.9 Å². The number of piperazine rings is 1. The first-order valence-electron chi connectivity index (χ1n) is 8.07. The third kappa shape index (κ3) is 5.21. The Morgan fingerprint density at radius 2 is 1.75 bits per heavy atom. The molecule has 1 aromatic rings. The van der Waals surface area contributed by atoms with Crippen LogP contribution in [0.3, 0.4) is 0 Å². The van der Waals surface area contributed by atoms with E-state index in [2.05, 4.69) is 9.80 Å². The summed E-state index contributed by atoms with van der Waals surface area (Å²) in [6, 6.07) is 8.75. The first kappa shape index (κ1) is 18.7. The Kier molecular flexibility index (Phi) is 6.23. The summed E-state index contributed by atoms with van der Waals surface area (Å²) in [7, 11) is 3.46. The third-order valence-electron chi connectivity index (χ3n) is 4.36. The Labute approximate surface area is 140 Å². The largest absolute Gasteiger partial charge is 0.390 e. The normalized spacial score (nSPS) is 18.4. The highest BCUT2D eigenvalue weighted by Crippen LogP contribution is 2.25. The van der Waals surface area contributed by atoms with Crippen molar-refractivity contribution in [2.24, 2.45) is 0 Å². The highest BCUT2D eigenvalue weighted by Gasteiger charge is 2.33. The van der Waals surface area contributed by atoms with E-state index < -0.39 is 18.6 Å². The molecule has 0 N–H and O–H groups in total. The number of halogens is 3. The molecule has 134 valence electrons. The molecular formula is C17H24F3N3O. The van der Waals surface area contributed by atoms with E-state index in [-0.39, 0.29) is 12.5 Å². The van der Waals surface area contributed by atoms with Gasteiger partial charge in [-0.1, -0.05) is 30.3 Å². The number of hydrogen-bond donors (Lipinski definition) is 0. The molecule has 1 fully saturated rings. The van der Waals surface area contributed by atoms with Gasteiger partial charge in [-0.3, -0.25) is 9.69 Å². The maximum atomic E-state index is 12.8. The number of nitrogens with zero attached hydrogens (tertiary/aromatic N) is 3. The van der Waals surface area contributed by atoms with Crippen molar-refractivity contribution in [1.82, 2.24) is 14.7 Å². The SMILES string of the molecule is CN1CCN([C@H](C(=O)N(C)CCC(F)(F)F)c2ccccc2)CC1. The summed E-state index contributed by atoms with van der Waals surface area (Å²) in [5.41, 5.74) is 0.825. The number of benzene rings is 1. The van der Waals surface area contributed by atoms with Gasteiger partial charge in [-0.25, -0.2) is 0 Å². The van der Waals surface area contributed by atoms with Crippen LogP contribution in [0.5, 0.6) is 0 Å². The van der Waals surface area contributed by atoms with Crippen molar-refractivity contribution in [2.75, 3.05) is 46.8 Å². The van der Waals surface area contributed by atoms with E-state index in [9.17, 15) is 18.0 Å². The van der Waals surface area contributed by atoms with Gasteiger partial charge in [-0.2, -0.15) is 13.2 Å². The zero-order valence-electron chi connectivity index (χ0n) is 14.1. The second kappa shape index (κ2) is 7.98. The van der Waals surface area contributed by atoms with Crippen LogP contribution in [-0.2, 0) is 4.79 Å². The number of amides is 1. The molecule has 4 nitrogen and oxygen atoms in total. The lowest BCUT2D eigenvalue weighted by Gasteiger charge is -2.38. The second-order valence-corrected chi connectivity index (χ2v) is 6.28. The van der Waals surface area contributed by atoms with Crippen LogP contribution in [0.15, 0.2) is 30.3 Å². The van der Waals surface area contributed by atoms with Gasteiger partial charge in [-0.15, -0.1) is 0 Å².